The fraction of sp³-hybridized carbons (Fsp3) is 0.308. The first-order chi connectivity index (χ1) is 22.2. The SMILES string of the molecule is CCOC(=O)c1ccc(-c2cc(N)ccc2C)cc1.CCOC(=O)c1ccc(-c2cc(NC(=O)C3CCCCC3)ccc2C)cc1. The molecule has 0 aromatic heterocycles. The molecule has 4 aromatic rings. The molecule has 1 aliphatic carbocycles. The van der Waals surface area contributed by atoms with Crippen molar-refractivity contribution in [3.63, 3.8) is 0 Å². The van der Waals surface area contributed by atoms with E-state index in [1.807, 2.05) is 74.5 Å². The minimum atomic E-state index is -0.311. The Kier molecular flexibility index (Phi) is 12.1. The van der Waals surface area contributed by atoms with Crippen LogP contribution in [0.4, 0.5) is 11.4 Å². The molecule has 46 heavy (non-hydrogen) atoms. The highest BCUT2D eigenvalue weighted by atomic mass is 16.5. The van der Waals surface area contributed by atoms with Gasteiger partial charge in [-0.25, -0.2) is 9.59 Å². The Bertz CT molecular complexity index is 1640. The van der Waals surface area contributed by atoms with E-state index in [4.69, 9.17) is 15.2 Å². The number of benzene rings is 4. The van der Waals surface area contributed by atoms with Gasteiger partial charge in [-0.1, -0.05) is 55.7 Å². The number of nitrogens with one attached hydrogen (secondary N) is 1. The van der Waals surface area contributed by atoms with Crippen molar-refractivity contribution in [2.75, 3.05) is 24.3 Å². The zero-order chi connectivity index (χ0) is 33.1. The number of rotatable bonds is 8. The predicted octanol–water partition coefficient (Wildman–Crippen LogP) is 8.78. The van der Waals surface area contributed by atoms with Gasteiger partial charge in [0, 0.05) is 17.3 Å². The molecule has 0 saturated heterocycles. The van der Waals surface area contributed by atoms with Crippen molar-refractivity contribution in [3.05, 3.63) is 107 Å². The van der Waals surface area contributed by atoms with E-state index in [9.17, 15) is 14.4 Å². The normalized spacial score (nSPS) is 12.8. The van der Waals surface area contributed by atoms with Gasteiger partial charge in [-0.2, -0.15) is 0 Å². The lowest BCUT2D eigenvalue weighted by atomic mass is 9.88. The van der Waals surface area contributed by atoms with Gasteiger partial charge in [0.25, 0.3) is 0 Å². The van der Waals surface area contributed by atoms with E-state index in [2.05, 4.69) is 5.32 Å². The summed E-state index contributed by atoms with van der Waals surface area (Å²) in [6.07, 6.45) is 5.49. The molecule has 1 amide bonds. The molecule has 7 nitrogen and oxygen atoms in total. The lowest BCUT2D eigenvalue weighted by molar-refractivity contribution is -0.120. The Hall–Kier alpha value is -4.91. The summed E-state index contributed by atoms with van der Waals surface area (Å²) in [6, 6.07) is 26.5. The first-order valence-electron chi connectivity index (χ1n) is 16.0. The quantitative estimate of drug-likeness (QED) is 0.151. The molecule has 0 atom stereocenters. The first kappa shape index (κ1) is 34.0. The highest BCUT2D eigenvalue weighted by molar-refractivity contribution is 5.94. The Balaban J connectivity index is 0.000000222. The second-order valence-electron chi connectivity index (χ2n) is 11.5. The highest BCUT2D eigenvalue weighted by Gasteiger charge is 2.21. The van der Waals surface area contributed by atoms with Gasteiger partial charge in [0.1, 0.15) is 0 Å². The Labute approximate surface area is 272 Å². The predicted molar refractivity (Wildman–Crippen MR) is 185 cm³/mol. The van der Waals surface area contributed by atoms with Crippen molar-refractivity contribution >= 4 is 29.2 Å². The number of aryl methyl sites for hydroxylation is 2. The van der Waals surface area contributed by atoms with Gasteiger partial charge >= 0.3 is 11.9 Å². The maximum Gasteiger partial charge on any atom is 0.338 e. The number of nitrogen functional groups attached to an aromatic ring is 1. The van der Waals surface area contributed by atoms with Crippen LogP contribution in [-0.2, 0) is 14.3 Å². The molecule has 240 valence electrons. The highest BCUT2D eigenvalue weighted by Crippen LogP contribution is 2.30. The van der Waals surface area contributed by atoms with E-state index in [1.165, 1.54) is 6.42 Å². The minimum Gasteiger partial charge on any atom is -0.462 e. The van der Waals surface area contributed by atoms with Gasteiger partial charge in [0.2, 0.25) is 5.91 Å². The van der Waals surface area contributed by atoms with Crippen LogP contribution in [0.3, 0.4) is 0 Å². The van der Waals surface area contributed by atoms with Crippen LogP contribution < -0.4 is 11.1 Å². The smallest absolute Gasteiger partial charge is 0.338 e. The van der Waals surface area contributed by atoms with Gasteiger partial charge in [-0.05, 0) is 122 Å². The largest absolute Gasteiger partial charge is 0.462 e. The summed E-state index contributed by atoms with van der Waals surface area (Å²) in [5, 5.41) is 3.08. The molecule has 0 unspecified atom stereocenters. The van der Waals surface area contributed by atoms with Gasteiger partial charge in [-0.3, -0.25) is 4.79 Å². The lowest BCUT2D eigenvalue weighted by Gasteiger charge is -2.21. The molecule has 5 rings (SSSR count). The molecule has 1 saturated carbocycles. The summed E-state index contributed by atoms with van der Waals surface area (Å²) < 4.78 is 9.99. The van der Waals surface area contributed by atoms with Crippen LogP contribution in [0.1, 0.15) is 77.8 Å². The summed E-state index contributed by atoms with van der Waals surface area (Å²) in [4.78, 5) is 35.9. The molecule has 3 N–H and O–H groups in total. The van der Waals surface area contributed by atoms with E-state index in [1.54, 1.807) is 38.1 Å². The van der Waals surface area contributed by atoms with Crippen molar-refractivity contribution in [3.8, 4) is 22.3 Å². The molecule has 0 radical (unpaired) electrons. The molecule has 0 aliphatic heterocycles. The maximum absolute atomic E-state index is 12.5. The first-order valence-corrected chi connectivity index (χ1v) is 16.0. The van der Waals surface area contributed by atoms with E-state index < -0.39 is 0 Å². The minimum absolute atomic E-state index is 0.127. The number of amides is 1. The van der Waals surface area contributed by atoms with Gasteiger partial charge in [0.15, 0.2) is 0 Å². The van der Waals surface area contributed by atoms with Crippen LogP contribution in [-0.4, -0.2) is 31.1 Å². The number of esters is 2. The number of nitrogens with two attached hydrogens (primary N) is 1. The van der Waals surface area contributed by atoms with Crippen LogP contribution in [0.15, 0.2) is 84.9 Å². The Morgan fingerprint density at radius 2 is 1.15 bits per heavy atom. The van der Waals surface area contributed by atoms with Gasteiger partial charge in [-0.15, -0.1) is 0 Å². The lowest BCUT2D eigenvalue weighted by Crippen LogP contribution is -2.24. The zero-order valence-electron chi connectivity index (χ0n) is 27.2. The maximum atomic E-state index is 12.5. The third kappa shape index (κ3) is 9.07. The van der Waals surface area contributed by atoms with E-state index in [0.717, 1.165) is 70.4 Å². The van der Waals surface area contributed by atoms with Crippen LogP contribution in [0.2, 0.25) is 0 Å². The van der Waals surface area contributed by atoms with Crippen LogP contribution in [0.5, 0.6) is 0 Å². The standard InChI is InChI=1S/C23H27NO3.C16H17NO2/c1-3-27-23(26)19-12-10-17(11-13-19)21-15-20(14-9-16(21)2)24-22(25)18-7-5-4-6-8-18;1-3-19-16(18)13-7-5-12(6-8-13)15-10-14(17)9-4-11(15)2/h9-15,18H,3-8H2,1-2H3,(H,24,25);4-10H,3,17H2,1-2H3. The number of ether oxygens (including phenoxy) is 2. The summed E-state index contributed by atoms with van der Waals surface area (Å²) >= 11 is 0. The van der Waals surface area contributed by atoms with Crippen molar-refractivity contribution in [1.29, 1.82) is 0 Å². The number of carbonyl (C=O) groups excluding carboxylic acids is 3. The summed E-state index contributed by atoms with van der Waals surface area (Å²) in [5.41, 5.74) is 14.9. The molecular weight excluding hydrogens is 576 g/mol. The van der Waals surface area contributed by atoms with Crippen molar-refractivity contribution in [1.82, 2.24) is 0 Å². The van der Waals surface area contributed by atoms with Crippen molar-refractivity contribution in [2.45, 2.75) is 59.8 Å². The Morgan fingerprint density at radius 3 is 1.65 bits per heavy atom. The number of carbonyl (C=O) groups is 3. The third-order valence-electron chi connectivity index (χ3n) is 8.16. The fourth-order valence-corrected chi connectivity index (χ4v) is 5.57. The monoisotopic (exact) mass is 620 g/mol. The molecular formula is C39H44N2O5. The second-order valence-corrected chi connectivity index (χ2v) is 11.5. The van der Waals surface area contributed by atoms with Crippen LogP contribution >= 0.6 is 0 Å². The van der Waals surface area contributed by atoms with Crippen molar-refractivity contribution < 1.29 is 23.9 Å². The van der Waals surface area contributed by atoms with Crippen LogP contribution in [0.25, 0.3) is 22.3 Å². The van der Waals surface area contributed by atoms with E-state index in [0.29, 0.717) is 24.3 Å². The summed E-state index contributed by atoms with van der Waals surface area (Å²) in [7, 11) is 0. The average molecular weight is 621 g/mol. The van der Waals surface area contributed by atoms with Crippen LogP contribution in [0, 0.1) is 19.8 Å². The number of anilines is 2. The topological polar surface area (TPSA) is 108 Å². The van der Waals surface area contributed by atoms with Gasteiger partial charge < -0.3 is 20.5 Å². The molecule has 4 aromatic carbocycles. The summed E-state index contributed by atoms with van der Waals surface area (Å²) in [5.74, 6) is -0.345. The third-order valence-corrected chi connectivity index (χ3v) is 8.16. The van der Waals surface area contributed by atoms with E-state index in [-0.39, 0.29) is 23.8 Å². The Morgan fingerprint density at radius 1 is 0.674 bits per heavy atom. The second kappa shape index (κ2) is 16.4. The average Bonchev–Trinajstić information content (AvgIpc) is 3.08. The molecule has 0 bridgehead atoms. The fourth-order valence-electron chi connectivity index (χ4n) is 5.57. The molecule has 1 aliphatic rings. The van der Waals surface area contributed by atoms with Gasteiger partial charge in [0.05, 0.1) is 24.3 Å². The molecule has 7 heteroatoms. The number of hydrogen-bond acceptors (Lipinski definition) is 6. The van der Waals surface area contributed by atoms with E-state index >= 15 is 0 Å². The summed E-state index contributed by atoms with van der Waals surface area (Å²) in [6.45, 7) is 8.41. The number of hydrogen-bond donors (Lipinski definition) is 2. The molecule has 0 spiro atoms. The molecule has 0 heterocycles. The molecule has 1 fully saturated rings. The zero-order valence-corrected chi connectivity index (χ0v) is 27.2. The van der Waals surface area contributed by atoms with Crippen molar-refractivity contribution in [2.24, 2.45) is 5.92 Å².